The summed E-state index contributed by atoms with van der Waals surface area (Å²) in [6.45, 7) is 3.06. The predicted molar refractivity (Wildman–Crippen MR) is 104 cm³/mol. The van der Waals surface area contributed by atoms with Crippen molar-refractivity contribution in [3.05, 3.63) is 63.5 Å². The van der Waals surface area contributed by atoms with Crippen molar-refractivity contribution in [3.63, 3.8) is 0 Å². The maximum atomic E-state index is 13.0. The third-order valence-corrected chi connectivity index (χ3v) is 5.63. The van der Waals surface area contributed by atoms with Crippen molar-refractivity contribution in [2.75, 3.05) is 19.7 Å². The molecule has 0 bridgehead atoms. The van der Waals surface area contributed by atoms with Crippen LogP contribution in [0, 0.1) is 5.82 Å². The van der Waals surface area contributed by atoms with E-state index in [1.165, 1.54) is 23.4 Å². The van der Waals surface area contributed by atoms with Crippen molar-refractivity contribution < 1.29 is 9.13 Å². The molecule has 1 aliphatic rings. The molecule has 0 unspecified atom stereocenters. The molecule has 136 valence electrons. The summed E-state index contributed by atoms with van der Waals surface area (Å²) in [7, 11) is 0. The molecule has 0 radical (unpaired) electrons. The molecule has 6 heteroatoms. The summed E-state index contributed by atoms with van der Waals surface area (Å²) >= 11 is 12.8. The molecule has 1 aliphatic heterocycles. The van der Waals surface area contributed by atoms with Gasteiger partial charge in [0.05, 0.1) is 22.1 Å². The van der Waals surface area contributed by atoms with E-state index in [-0.39, 0.29) is 5.82 Å². The number of nitrogens with zero attached hydrogens (tertiary/aromatic N) is 1. The van der Waals surface area contributed by atoms with Crippen molar-refractivity contribution in [1.82, 2.24) is 9.88 Å². The second-order valence-electron chi connectivity index (χ2n) is 6.38. The van der Waals surface area contributed by atoms with E-state index in [1.54, 1.807) is 12.1 Å². The maximum Gasteiger partial charge on any atom is 0.123 e. The largest absolute Gasteiger partial charge is 0.492 e. The Balaban J connectivity index is 1.66. The van der Waals surface area contributed by atoms with Crippen molar-refractivity contribution in [1.29, 1.82) is 0 Å². The van der Waals surface area contributed by atoms with Crippen molar-refractivity contribution in [3.8, 4) is 5.75 Å². The molecule has 0 saturated carbocycles. The van der Waals surface area contributed by atoms with Gasteiger partial charge >= 0.3 is 0 Å². The number of ether oxygens (including phenoxy) is 1. The first kappa shape index (κ1) is 17.7. The Bertz CT molecular complexity index is 937. The van der Waals surface area contributed by atoms with Gasteiger partial charge in [0.15, 0.2) is 0 Å². The zero-order chi connectivity index (χ0) is 18.1. The standard InChI is InChI=1S/C20H19Cl2FN2O/c21-16-5-6-18-19(20(16)22)15-7-9-24-10-8-17(15)25(18)11-12-26-14-3-1-13(23)2-4-14/h1-6,24H,7-12H2. The van der Waals surface area contributed by atoms with Gasteiger partial charge in [0.1, 0.15) is 18.2 Å². The fraction of sp³-hybridized carbons (Fsp3) is 0.300. The van der Waals surface area contributed by atoms with Gasteiger partial charge in [0.25, 0.3) is 0 Å². The lowest BCUT2D eigenvalue weighted by Gasteiger charge is -2.12. The molecule has 0 fully saturated rings. The SMILES string of the molecule is Fc1ccc(OCCn2c3c(c4c(Cl)c(Cl)ccc42)CCNCC3)cc1. The summed E-state index contributed by atoms with van der Waals surface area (Å²) in [5.74, 6) is 0.398. The van der Waals surface area contributed by atoms with Gasteiger partial charge < -0.3 is 14.6 Å². The lowest BCUT2D eigenvalue weighted by atomic mass is 10.1. The Morgan fingerprint density at radius 1 is 1.04 bits per heavy atom. The average Bonchev–Trinajstić information content (AvgIpc) is 2.79. The minimum Gasteiger partial charge on any atom is -0.492 e. The fourth-order valence-corrected chi connectivity index (χ4v) is 4.08. The first-order chi connectivity index (χ1) is 12.6. The van der Waals surface area contributed by atoms with Crippen LogP contribution in [0.5, 0.6) is 5.75 Å². The predicted octanol–water partition coefficient (Wildman–Crippen LogP) is 4.85. The highest BCUT2D eigenvalue weighted by molar-refractivity contribution is 6.45. The Morgan fingerprint density at radius 2 is 1.81 bits per heavy atom. The van der Waals surface area contributed by atoms with Crippen LogP contribution in [0.1, 0.15) is 11.3 Å². The lowest BCUT2D eigenvalue weighted by molar-refractivity contribution is 0.298. The number of nitrogens with one attached hydrogen (secondary N) is 1. The fourth-order valence-electron chi connectivity index (χ4n) is 3.65. The Labute approximate surface area is 161 Å². The lowest BCUT2D eigenvalue weighted by Crippen LogP contribution is -2.18. The molecule has 2 heterocycles. The highest BCUT2D eigenvalue weighted by atomic mass is 35.5. The van der Waals surface area contributed by atoms with E-state index in [0.717, 1.165) is 36.8 Å². The van der Waals surface area contributed by atoms with E-state index in [1.807, 2.05) is 12.1 Å². The quantitative estimate of drug-likeness (QED) is 0.686. The van der Waals surface area contributed by atoms with Gasteiger partial charge in [-0.15, -0.1) is 0 Å². The van der Waals surface area contributed by atoms with Gasteiger partial charge in [-0.2, -0.15) is 0 Å². The zero-order valence-electron chi connectivity index (χ0n) is 14.2. The van der Waals surface area contributed by atoms with Crippen molar-refractivity contribution in [2.24, 2.45) is 0 Å². The summed E-state index contributed by atoms with van der Waals surface area (Å²) in [6.07, 6.45) is 1.87. The maximum absolute atomic E-state index is 13.0. The Hall–Kier alpha value is -1.75. The van der Waals surface area contributed by atoms with Gasteiger partial charge in [-0.05, 0) is 54.9 Å². The zero-order valence-corrected chi connectivity index (χ0v) is 15.7. The number of fused-ring (bicyclic) bond motifs is 3. The second-order valence-corrected chi connectivity index (χ2v) is 7.17. The molecular weight excluding hydrogens is 374 g/mol. The molecule has 26 heavy (non-hydrogen) atoms. The topological polar surface area (TPSA) is 26.2 Å². The smallest absolute Gasteiger partial charge is 0.123 e. The van der Waals surface area contributed by atoms with Gasteiger partial charge in [0, 0.05) is 24.0 Å². The molecule has 0 atom stereocenters. The van der Waals surface area contributed by atoms with Crippen LogP contribution in [0.25, 0.3) is 10.9 Å². The van der Waals surface area contributed by atoms with Crippen LogP contribution in [0.15, 0.2) is 36.4 Å². The summed E-state index contributed by atoms with van der Waals surface area (Å²) in [4.78, 5) is 0. The van der Waals surface area contributed by atoms with Crippen LogP contribution in [-0.4, -0.2) is 24.3 Å². The number of benzene rings is 2. The van der Waals surface area contributed by atoms with Crippen LogP contribution < -0.4 is 10.1 Å². The number of hydrogen-bond donors (Lipinski definition) is 1. The average molecular weight is 393 g/mol. The molecule has 2 aromatic carbocycles. The van der Waals surface area contributed by atoms with Crippen LogP contribution in [0.4, 0.5) is 4.39 Å². The molecule has 4 rings (SSSR count). The number of halogens is 3. The first-order valence-corrected chi connectivity index (χ1v) is 9.48. The van der Waals surface area contributed by atoms with E-state index < -0.39 is 0 Å². The molecule has 3 aromatic rings. The van der Waals surface area contributed by atoms with Crippen molar-refractivity contribution >= 4 is 34.1 Å². The molecule has 1 aromatic heterocycles. The van der Waals surface area contributed by atoms with Gasteiger partial charge in [-0.3, -0.25) is 0 Å². The minimum absolute atomic E-state index is 0.266. The van der Waals surface area contributed by atoms with Crippen LogP contribution >= 0.6 is 23.2 Å². The number of rotatable bonds is 4. The molecule has 0 saturated heterocycles. The second kappa shape index (κ2) is 7.47. The van der Waals surface area contributed by atoms with Gasteiger partial charge in [-0.25, -0.2) is 4.39 Å². The van der Waals surface area contributed by atoms with Gasteiger partial charge in [-0.1, -0.05) is 23.2 Å². The molecule has 0 amide bonds. The highest BCUT2D eigenvalue weighted by Crippen LogP contribution is 2.37. The third kappa shape index (κ3) is 3.29. The van der Waals surface area contributed by atoms with Crippen LogP contribution in [-0.2, 0) is 19.4 Å². The highest BCUT2D eigenvalue weighted by Gasteiger charge is 2.21. The summed E-state index contributed by atoms with van der Waals surface area (Å²) in [6, 6.07) is 9.97. The molecule has 1 N–H and O–H groups in total. The van der Waals surface area contributed by atoms with E-state index >= 15 is 0 Å². The summed E-state index contributed by atoms with van der Waals surface area (Å²) in [5, 5.41) is 5.70. The molecule has 3 nitrogen and oxygen atoms in total. The van der Waals surface area contributed by atoms with E-state index in [9.17, 15) is 4.39 Å². The van der Waals surface area contributed by atoms with E-state index in [4.69, 9.17) is 27.9 Å². The van der Waals surface area contributed by atoms with Crippen molar-refractivity contribution in [2.45, 2.75) is 19.4 Å². The first-order valence-electron chi connectivity index (χ1n) is 8.72. The molecule has 0 spiro atoms. The summed E-state index contributed by atoms with van der Waals surface area (Å²) in [5.41, 5.74) is 3.66. The third-order valence-electron chi connectivity index (χ3n) is 4.83. The Morgan fingerprint density at radius 3 is 2.62 bits per heavy atom. The minimum atomic E-state index is -0.266. The van der Waals surface area contributed by atoms with Crippen LogP contribution in [0.3, 0.4) is 0 Å². The molecular formula is C20H19Cl2FN2O. The van der Waals surface area contributed by atoms with E-state index in [0.29, 0.717) is 28.9 Å². The molecule has 0 aliphatic carbocycles. The Kier molecular flexibility index (Phi) is 5.07. The van der Waals surface area contributed by atoms with E-state index in [2.05, 4.69) is 9.88 Å². The van der Waals surface area contributed by atoms with Crippen LogP contribution in [0.2, 0.25) is 10.0 Å². The summed E-state index contributed by atoms with van der Waals surface area (Å²) < 4.78 is 21.1. The monoisotopic (exact) mass is 392 g/mol. The number of hydrogen-bond acceptors (Lipinski definition) is 2. The number of aromatic nitrogens is 1. The van der Waals surface area contributed by atoms with Gasteiger partial charge in [0.2, 0.25) is 0 Å². The normalized spacial score (nSPS) is 14.3.